The van der Waals surface area contributed by atoms with Gasteiger partial charge in [-0.05, 0) is 0 Å². The summed E-state index contributed by atoms with van der Waals surface area (Å²) in [5, 5.41) is 10.3. The standard InChI is InChI=1S/C7H6F3N3O2/c8-5-4(13(14)15)1-3(2-11)12-6(5)7(9)10/h1,7H,2,11H2. The van der Waals surface area contributed by atoms with Crippen LogP contribution in [0.3, 0.4) is 0 Å². The molecule has 0 amide bonds. The third-order valence-corrected chi connectivity index (χ3v) is 1.63. The minimum Gasteiger partial charge on any atom is -0.325 e. The van der Waals surface area contributed by atoms with Crippen molar-refractivity contribution in [3.8, 4) is 0 Å². The number of nitrogens with two attached hydrogens (primary N) is 1. The Hall–Kier alpha value is -1.70. The lowest BCUT2D eigenvalue weighted by molar-refractivity contribution is -0.387. The molecule has 0 spiro atoms. The Kier molecular flexibility index (Phi) is 3.20. The van der Waals surface area contributed by atoms with Crippen molar-refractivity contribution in [2.75, 3.05) is 0 Å². The van der Waals surface area contributed by atoms with Crippen LogP contribution in [0, 0.1) is 15.9 Å². The zero-order valence-corrected chi connectivity index (χ0v) is 7.28. The van der Waals surface area contributed by atoms with Crippen molar-refractivity contribution in [3.05, 3.63) is 33.4 Å². The third kappa shape index (κ3) is 2.21. The molecule has 0 radical (unpaired) electrons. The lowest BCUT2D eigenvalue weighted by atomic mass is 10.2. The molecule has 0 fully saturated rings. The van der Waals surface area contributed by atoms with Crippen LogP contribution in [0.25, 0.3) is 0 Å². The molecule has 0 aliphatic heterocycles. The first-order valence-corrected chi connectivity index (χ1v) is 3.79. The monoisotopic (exact) mass is 221 g/mol. The van der Waals surface area contributed by atoms with Gasteiger partial charge in [-0.3, -0.25) is 10.1 Å². The van der Waals surface area contributed by atoms with Gasteiger partial charge in [0.05, 0.1) is 10.6 Å². The SMILES string of the molecule is NCc1cc([N+](=O)[O-])c(F)c(C(F)F)n1. The fraction of sp³-hybridized carbons (Fsp3) is 0.286. The van der Waals surface area contributed by atoms with Gasteiger partial charge in [0.15, 0.2) is 0 Å². The first kappa shape index (κ1) is 11.4. The summed E-state index contributed by atoms with van der Waals surface area (Å²) in [6, 6.07) is 0.737. The fourth-order valence-corrected chi connectivity index (χ4v) is 0.970. The number of nitrogens with zero attached hydrogens (tertiary/aromatic N) is 2. The zero-order chi connectivity index (χ0) is 11.6. The van der Waals surface area contributed by atoms with Crippen LogP contribution < -0.4 is 5.73 Å². The second-order valence-electron chi connectivity index (χ2n) is 2.59. The molecule has 1 aromatic heterocycles. The molecule has 1 heterocycles. The molecule has 0 bridgehead atoms. The Morgan fingerprint density at radius 1 is 1.60 bits per heavy atom. The van der Waals surface area contributed by atoms with Gasteiger partial charge in [-0.15, -0.1) is 0 Å². The summed E-state index contributed by atoms with van der Waals surface area (Å²) in [6.45, 7) is -0.277. The van der Waals surface area contributed by atoms with Gasteiger partial charge in [0.1, 0.15) is 5.69 Å². The van der Waals surface area contributed by atoms with Gasteiger partial charge >= 0.3 is 5.69 Å². The molecule has 0 unspecified atom stereocenters. The van der Waals surface area contributed by atoms with Crippen LogP contribution in [-0.2, 0) is 6.54 Å². The molecule has 82 valence electrons. The summed E-state index contributed by atoms with van der Waals surface area (Å²) in [6.07, 6.45) is -3.21. The maximum absolute atomic E-state index is 13.1. The predicted molar refractivity (Wildman–Crippen MR) is 43.7 cm³/mol. The van der Waals surface area contributed by atoms with E-state index in [4.69, 9.17) is 5.73 Å². The van der Waals surface area contributed by atoms with Crippen molar-refractivity contribution in [1.29, 1.82) is 0 Å². The van der Waals surface area contributed by atoms with E-state index in [0.29, 0.717) is 0 Å². The molecule has 0 aromatic carbocycles. The molecule has 0 atom stereocenters. The van der Waals surface area contributed by atoms with Crippen LogP contribution in [0.1, 0.15) is 17.8 Å². The van der Waals surface area contributed by atoms with Crippen LogP contribution in [-0.4, -0.2) is 9.91 Å². The highest BCUT2D eigenvalue weighted by Gasteiger charge is 2.25. The highest BCUT2D eigenvalue weighted by molar-refractivity contribution is 5.36. The molecule has 0 saturated carbocycles. The lowest BCUT2D eigenvalue weighted by Gasteiger charge is -2.04. The molecule has 0 saturated heterocycles. The van der Waals surface area contributed by atoms with E-state index in [9.17, 15) is 23.3 Å². The molecule has 0 aliphatic carbocycles. The van der Waals surface area contributed by atoms with E-state index in [2.05, 4.69) is 4.98 Å². The number of hydrogen-bond acceptors (Lipinski definition) is 4. The van der Waals surface area contributed by atoms with Crippen LogP contribution in [0.4, 0.5) is 18.9 Å². The number of nitro groups is 1. The number of hydrogen-bond donors (Lipinski definition) is 1. The summed E-state index contributed by atoms with van der Waals surface area (Å²) < 4.78 is 37.5. The molecule has 0 aliphatic rings. The summed E-state index contributed by atoms with van der Waals surface area (Å²) in [7, 11) is 0. The summed E-state index contributed by atoms with van der Waals surface area (Å²) in [4.78, 5) is 12.4. The second-order valence-corrected chi connectivity index (χ2v) is 2.59. The molecule has 15 heavy (non-hydrogen) atoms. The number of pyridine rings is 1. The van der Waals surface area contributed by atoms with E-state index in [1.165, 1.54) is 0 Å². The normalized spacial score (nSPS) is 10.7. The number of rotatable bonds is 3. The molecule has 2 N–H and O–H groups in total. The Morgan fingerprint density at radius 2 is 2.20 bits per heavy atom. The molecule has 8 heteroatoms. The number of alkyl halides is 2. The average molecular weight is 221 g/mol. The summed E-state index contributed by atoms with van der Waals surface area (Å²) in [5.41, 5.74) is 2.64. The predicted octanol–water partition coefficient (Wildman–Crippen LogP) is 1.53. The summed E-state index contributed by atoms with van der Waals surface area (Å²) in [5.74, 6) is -1.62. The smallest absolute Gasteiger partial charge is 0.308 e. The van der Waals surface area contributed by atoms with Crippen LogP contribution in [0.15, 0.2) is 6.07 Å². The Morgan fingerprint density at radius 3 is 2.60 bits per heavy atom. The van der Waals surface area contributed by atoms with Gasteiger partial charge in [-0.25, -0.2) is 13.8 Å². The lowest BCUT2D eigenvalue weighted by Crippen LogP contribution is -2.07. The third-order valence-electron chi connectivity index (χ3n) is 1.63. The largest absolute Gasteiger partial charge is 0.325 e. The molecular weight excluding hydrogens is 215 g/mol. The minimum absolute atomic E-state index is 0.154. The molecule has 5 nitrogen and oxygen atoms in total. The van der Waals surface area contributed by atoms with Gasteiger partial charge in [0.25, 0.3) is 6.43 Å². The van der Waals surface area contributed by atoms with E-state index in [1.807, 2.05) is 0 Å². The van der Waals surface area contributed by atoms with Crippen molar-refractivity contribution in [1.82, 2.24) is 4.98 Å². The van der Waals surface area contributed by atoms with Gasteiger partial charge in [0.2, 0.25) is 5.82 Å². The topological polar surface area (TPSA) is 82.0 Å². The van der Waals surface area contributed by atoms with Crippen molar-refractivity contribution in [2.45, 2.75) is 13.0 Å². The van der Waals surface area contributed by atoms with E-state index in [0.717, 1.165) is 6.07 Å². The first-order valence-electron chi connectivity index (χ1n) is 3.79. The zero-order valence-electron chi connectivity index (χ0n) is 7.28. The van der Waals surface area contributed by atoms with Gasteiger partial charge in [-0.1, -0.05) is 0 Å². The van der Waals surface area contributed by atoms with E-state index >= 15 is 0 Å². The Labute approximate surface area is 81.9 Å². The van der Waals surface area contributed by atoms with Crippen molar-refractivity contribution in [3.63, 3.8) is 0 Å². The Balaban J connectivity index is 3.40. The minimum atomic E-state index is -3.21. The Bertz CT molecular complexity index is 397. The van der Waals surface area contributed by atoms with Crippen LogP contribution in [0.5, 0.6) is 0 Å². The van der Waals surface area contributed by atoms with Crippen molar-refractivity contribution < 1.29 is 18.1 Å². The molecular formula is C7H6F3N3O2. The fourth-order valence-electron chi connectivity index (χ4n) is 0.970. The first-order chi connectivity index (χ1) is 6.97. The maximum Gasteiger partial charge on any atom is 0.308 e. The second kappa shape index (κ2) is 4.22. The van der Waals surface area contributed by atoms with E-state index < -0.39 is 28.5 Å². The van der Waals surface area contributed by atoms with Gasteiger partial charge < -0.3 is 5.73 Å². The average Bonchev–Trinajstić information content (AvgIpc) is 2.17. The highest BCUT2D eigenvalue weighted by Crippen LogP contribution is 2.27. The molecule has 1 rings (SSSR count). The summed E-state index contributed by atoms with van der Waals surface area (Å²) >= 11 is 0. The quantitative estimate of drug-likeness (QED) is 0.619. The van der Waals surface area contributed by atoms with Crippen molar-refractivity contribution >= 4 is 5.69 Å². The maximum atomic E-state index is 13.1. The number of aromatic nitrogens is 1. The van der Waals surface area contributed by atoms with Crippen LogP contribution >= 0.6 is 0 Å². The van der Waals surface area contributed by atoms with Gasteiger partial charge in [-0.2, -0.15) is 4.39 Å². The van der Waals surface area contributed by atoms with Crippen molar-refractivity contribution in [2.24, 2.45) is 5.73 Å². The highest BCUT2D eigenvalue weighted by atomic mass is 19.3. The molecule has 1 aromatic rings. The van der Waals surface area contributed by atoms with E-state index in [-0.39, 0.29) is 12.2 Å². The van der Waals surface area contributed by atoms with Gasteiger partial charge in [0, 0.05) is 12.6 Å². The van der Waals surface area contributed by atoms with E-state index in [1.54, 1.807) is 0 Å². The number of halogens is 3. The van der Waals surface area contributed by atoms with Crippen LogP contribution in [0.2, 0.25) is 0 Å².